The minimum atomic E-state index is 1.14. The van der Waals surface area contributed by atoms with Crippen LogP contribution in [0.3, 0.4) is 0 Å². The molecule has 0 aromatic heterocycles. The van der Waals surface area contributed by atoms with E-state index in [-0.39, 0.29) is 0 Å². The maximum Gasteiger partial charge on any atom is -0.0146 e. The van der Waals surface area contributed by atoms with E-state index >= 15 is 0 Å². The van der Waals surface area contributed by atoms with Crippen LogP contribution in [0.5, 0.6) is 0 Å². The van der Waals surface area contributed by atoms with E-state index in [0.717, 1.165) is 6.42 Å². The second kappa shape index (κ2) is 5.73. The van der Waals surface area contributed by atoms with Gasteiger partial charge in [-0.05, 0) is 53.3 Å². The zero-order valence-corrected chi connectivity index (χ0v) is 13.1. The van der Waals surface area contributed by atoms with Crippen molar-refractivity contribution in [1.82, 2.24) is 0 Å². The standard InChI is InChI=1S/C21H22/c1-4-7-18-14-15(2)10-12-21(18)20-13-11-17-8-5-6-9-19(17)16(20)3/h5-6,8-14H,4,7H2,1-3H3. The third kappa shape index (κ3) is 2.58. The van der Waals surface area contributed by atoms with Crippen LogP contribution >= 0.6 is 0 Å². The van der Waals surface area contributed by atoms with E-state index in [1.807, 2.05) is 0 Å². The zero-order chi connectivity index (χ0) is 14.8. The number of fused-ring (bicyclic) bond motifs is 1. The van der Waals surface area contributed by atoms with Crippen molar-refractivity contribution in [3.63, 3.8) is 0 Å². The number of hydrogen-bond acceptors (Lipinski definition) is 0. The average molecular weight is 274 g/mol. The highest BCUT2D eigenvalue weighted by atomic mass is 14.1. The van der Waals surface area contributed by atoms with Gasteiger partial charge in [-0.1, -0.05) is 73.5 Å². The normalized spacial score (nSPS) is 11.0. The number of aryl methyl sites for hydroxylation is 3. The smallest absolute Gasteiger partial charge is 0.0146 e. The molecule has 106 valence electrons. The summed E-state index contributed by atoms with van der Waals surface area (Å²) in [6.45, 7) is 6.67. The Morgan fingerprint density at radius 2 is 1.57 bits per heavy atom. The van der Waals surface area contributed by atoms with Crippen molar-refractivity contribution in [2.24, 2.45) is 0 Å². The van der Waals surface area contributed by atoms with Gasteiger partial charge in [0.1, 0.15) is 0 Å². The Labute approximate surface area is 127 Å². The summed E-state index contributed by atoms with van der Waals surface area (Å²) in [7, 11) is 0. The molecular formula is C21H22. The first-order valence-corrected chi connectivity index (χ1v) is 7.79. The molecule has 0 heterocycles. The first-order chi connectivity index (χ1) is 10.2. The Morgan fingerprint density at radius 1 is 0.810 bits per heavy atom. The fourth-order valence-electron chi connectivity index (χ4n) is 3.18. The van der Waals surface area contributed by atoms with E-state index in [1.165, 1.54) is 45.0 Å². The monoisotopic (exact) mass is 274 g/mol. The molecule has 3 aromatic carbocycles. The SMILES string of the molecule is CCCc1cc(C)ccc1-c1ccc2ccccc2c1C. The minimum absolute atomic E-state index is 1.14. The lowest BCUT2D eigenvalue weighted by Crippen LogP contribution is -1.93. The van der Waals surface area contributed by atoms with Gasteiger partial charge in [0, 0.05) is 0 Å². The molecule has 0 aliphatic heterocycles. The molecule has 0 nitrogen and oxygen atoms in total. The largest absolute Gasteiger partial charge is 0.0651 e. The van der Waals surface area contributed by atoms with Crippen LogP contribution in [0.1, 0.15) is 30.0 Å². The first-order valence-electron chi connectivity index (χ1n) is 7.79. The van der Waals surface area contributed by atoms with E-state index in [1.54, 1.807) is 0 Å². The fourth-order valence-corrected chi connectivity index (χ4v) is 3.18. The van der Waals surface area contributed by atoms with Gasteiger partial charge in [-0.15, -0.1) is 0 Å². The molecule has 0 saturated carbocycles. The van der Waals surface area contributed by atoms with Crippen LogP contribution in [-0.4, -0.2) is 0 Å². The molecular weight excluding hydrogens is 252 g/mol. The maximum atomic E-state index is 2.34. The highest BCUT2D eigenvalue weighted by Gasteiger charge is 2.09. The molecule has 0 radical (unpaired) electrons. The zero-order valence-electron chi connectivity index (χ0n) is 13.1. The molecule has 3 rings (SSSR count). The van der Waals surface area contributed by atoms with Gasteiger partial charge in [0.05, 0.1) is 0 Å². The Kier molecular flexibility index (Phi) is 3.79. The molecule has 0 atom stereocenters. The highest BCUT2D eigenvalue weighted by Crippen LogP contribution is 2.32. The second-order valence-electron chi connectivity index (χ2n) is 5.87. The second-order valence-corrected chi connectivity index (χ2v) is 5.87. The Hall–Kier alpha value is -2.08. The summed E-state index contributed by atoms with van der Waals surface area (Å²) in [5.41, 5.74) is 6.97. The van der Waals surface area contributed by atoms with Crippen molar-refractivity contribution in [2.75, 3.05) is 0 Å². The summed E-state index contributed by atoms with van der Waals surface area (Å²) in [6, 6.07) is 20.0. The maximum absolute atomic E-state index is 2.34. The predicted octanol–water partition coefficient (Wildman–Crippen LogP) is 6.08. The van der Waals surface area contributed by atoms with Gasteiger partial charge in [-0.3, -0.25) is 0 Å². The van der Waals surface area contributed by atoms with Gasteiger partial charge in [0.2, 0.25) is 0 Å². The van der Waals surface area contributed by atoms with Crippen molar-refractivity contribution >= 4 is 10.8 Å². The van der Waals surface area contributed by atoms with Crippen LogP contribution in [0, 0.1) is 13.8 Å². The Balaban J connectivity index is 2.23. The molecule has 3 aromatic rings. The molecule has 0 unspecified atom stereocenters. The van der Waals surface area contributed by atoms with Gasteiger partial charge < -0.3 is 0 Å². The predicted molar refractivity (Wildman–Crippen MR) is 92.9 cm³/mol. The first kappa shape index (κ1) is 13.9. The van der Waals surface area contributed by atoms with Crippen LogP contribution in [-0.2, 0) is 6.42 Å². The summed E-state index contributed by atoms with van der Waals surface area (Å²) < 4.78 is 0. The summed E-state index contributed by atoms with van der Waals surface area (Å²) in [6.07, 6.45) is 2.33. The molecule has 21 heavy (non-hydrogen) atoms. The minimum Gasteiger partial charge on any atom is -0.0651 e. The molecule has 0 amide bonds. The van der Waals surface area contributed by atoms with Gasteiger partial charge in [-0.2, -0.15) is 0 Å². The summed E-state index contributed by atoms with van der Waals surface area (Å²) in [5.74, 6) is 0. The van der Waals surface area contributed by atoms with Gasteiger partial charge in [0.25, 0.3) is 0 Å². The molecule has 0 bridgehead atoms. The average Bonchev–Trinajstić information content (AvgIpc) is 2.49. The van der Waals surface area contributed by atoms with Gasteiger partial charge >= 0.3 is 0 Å². The third-order valence-corrected chi connectivity index (χ3v) is 4.27. The van der Waals surface area contributed by atoms with Crippen LogP contribution in [0.25, 0.3) is 21.9 Å². The third-order valence-electron chi connectivity index (χ3n) is 4.27. The summed E-state index contributed by atoms with van der Waals surface area (Å²) in [4.78, 5) is 0. The Morgan fingerprint density at radius 3 is 2.38 bits per heavy atom. The van der Waals surface area contributed by atoms with Crippen molar-refractivity contribution in [1.29, 1.82) is 0 Å². The van der Waals surface area contributed by atoms with Crippen LogP contribution < -0.4 is 0 Å². The van der Waals surface area contributed by atoms with Gasteiger partial charge in [0.15, 0.2) is 0 Å². The lowest BCUT2D eigenvalue weighted by Gasteiger charge is -2.14. The van der Waals surface area contributed by atoms with Crippen LogP contribution in [0.4, 0.5) is 0 Å². The van der Waals surface area contributed by atoms with Crippen LogP contribution in [0.2, 0.25) is 0 Å². The number of hydrogen-bond donors (Lipinski definition) is 0. The molecule has 0 heteroatoms. The number of benzene rings is 3. The fraction of sp³-hybridized carbons (Fsp3) is 0.238. The van der Waals surface area contributed by atoms with E-state index in [4.69, 9.17) is 0 Å². The molecule has 0 spiro atoms. The number of rotatable bonds is 3. The van der Waals surface area contributed by atoms with Crippen molar-refractivity contribution in [3.05, 3.63) is 71.3 Å². The molecule has 0 aliphatic carbocycles. The lowest BCUT2D eigenvalue weighted by atomic mass is 9.90. The van der Waals surface area contributed by atoms with Crippen molar-refractivity contribution < 1.29 is 0 Å². The summed E-state index contributed by atoms with van der Waals surface area (Å²) in [5, 5.41) is 2.68. The summed E-state index contributed by atoms with van der Waals surface area (Å²) >= 11 is 0. The van der Waals surface area contributed by atoms with Crippen molar-refractivity contribution in [2.45, 2.75) is 33.6 Å². The van der Waals surface area contributed by atoms with E-state index in [2.05, 4.69) is 75.4 Å². The highest BCUT2D eigenvalue weighted by molar-refractivity contribution is 5.92. The molecule has 0 fully saturated rings. The van der Waals surface area contributed by atoms with E-state index in [9.17, 15) is 0 Å². The van der Waals surface area contributed by atoms with Gasteiger partial charge in [-0.25, -0.2) is 0 Å². The molecule has 0 saturated heterocycles. The molecule has 0 N–H and O–H groups in total. The topological polar surface area (TPSA) is 0 Å². The van der Waals surface area contributed by atoms with E-state index < -0.39 is 0 Å². The Bertz CT molecular complexity index is 781. The van der Waals surface area contributed by atoms with Crippen molar-refractivity contribution in [3.8, 4) is 11.1 Å². The van der Waals surface area contributed by atoms with Crippen LogP contribution in [0.15, 0.2) is 54.6 Å². The quantitative estimate of drug-likeness (QED) is 0.543. The molecule has 0 aliphatic rings. The van der Waals surface area contributed by atoms with E-state index in [0.29, 0.717) is 0 Å². The lowest BCUT2D eigenvalue weighted by molar-refractivity contribution is 0.922.